The zero-order valence-corrected chi connectivity index (χ0v) is 11.6. The van der Waals surface area contributed by atoms with Gasteiger partial charge in [0.25, 0.3) is 0 Å². The number of ether oxygens (including phenoxy) is 1. The molecule has 1 atom stereocenters. The number of pyridine rings is 1. The van der Waals surface area contributed by atoms with Gasteiger partial charge in [-0.1, -0.05) is 6.42 Å². The molecule has 1 unspecified atom stereocenters. The Morgan fingerprint density at radius 2 is 2.26 bits per heavy atom. The molecule has 0 radical (unpaired) electrons. The van der Waals surface area contributed by atoms with Crippen molar-refractivity contribution in [3.63, 3.8) is 0 Å². The first-order valence-corrected chi connectivity index (χ1v) is 8.06. The minimum atomic E-state index is -3.06. The lowest BCUT2D eigenvalue weighted by Crippen LogP contribution is -2.21. The number of imidazole rings is 1. The fraction of sp³-hybridized carbons (Fsp3) is 0.462. The zero-order valence-electron chi connectivity index (χ0n) is 10.7. The van der Waals surface area contributed by atoms with E-state index < -0.39 is 15.1 Å². The predicted molar refractivity (Wildman–Crippen MR) is 72.1 cm³/mol. The second kappa shape index (κ2) is 4.52. The average Bonchev–Trinajstić information content (AvgIpc) is 2.81. The molecule has 6 heteroatoms. The molecule has 1 aliphatic heterocycles. The van der Waals surface area contributed by atoms with Crippen molar-refractivity contribution in [2.24, 2.45) is 0 Å². The highest BCUT2D eigenvalue weighted by Gasteiger charge is 2.32. The maximum Gasteiger partial charge on any atom is 0.179 e. The molecular weight excluding hydrogens is 264 g/mol. The number of rotatable bonds is 2. The third-order valence-electron chi connectivity index (χ3n) is 3.59. The summed E-state index contributed by atoms with van der Waals surface area (Å²) in [7, 11) is -1.48. The summed E-state index contributed by atoms with van der Waals surface area (Å²) in [5.41, 5.74) is 1.30. The molecule has 0 spiro atoms. The summed E-state index contributed by atoms with van der Waals surface area (Å²) in [4.78, 5) is 4.46. The van der Waals surface area contributed by atoms with Crippen LogP contribution in [0.15, 0.2) is 24.5 Å². The monoisotopic (exact) mass is 280 g/mol. The highest BCUT2D eigenvalue weighted by molar-refractivity contribution is 7.91. The molecule has 0 amide bonds. The van der Waals surface area contributed by atoms with Gasteiger partial charge in [-0.2, -0.15) is 0 Å². The van der Waals surface area contributed by atoms with Gasteiger partial charge in [-0.05, 0) is 25.0 Å². The van der Waals surface area contributed by atoms with Crippen molar-refractivity contribution < 1.29 is 13.2 Å². The first-order valence-electron chi connectivity index (χ1n) is 6.35. The topological polar surface area (TPSA) is 60.7 Å². The Hall–Kier alpha value is -1.56. The van der Waals surface area contributed by atoms with Crippen LogP contribution in [-0.4, -0.2) is 30.7 Å². The van der Waals surface area contributed by atoms with E-state index in [2.05, 4.69) is 4.98 Å². The summed E-state index contributed by atoms with van der Waals surface area (Å²) in [6.45, 7) is 0. The van der Waals surface area contributed by atoms with E-state index in [1.807, 2.05) is 22.7 Å². The Balaban J connectivity index is 2.11. The van der Waals surface area contributed by atoms with E-state index in [1.165, 1.54) is 0 Å². The number of nitrogens with zero attached hydrogens (tertiary/aromatic N) is 2. The summed E-state index contributed by atoms with van der Waals surface area (Å²) in [6, 6.07) is 3.67. The molecule has 5 nitrogen and oxygen atoms in total. The first kappa shape index (κ1) is 12.5. The van der Waals surface area contributed by atoms with Gasteiger partial charge in [-0.15, -0.1) is 0 Å². The summed E-state index contributed by atoms with van der Waals surface area (Å²) in [5.74, 6) is 0.921. The minimum absolute atomic E-state index is 0.267. The van der Waals surface area contributed by atoms with Crippen LogP contribution in [0.3, 0.4) is 0 Å². The number of sulfone groups is 1. The Bertz CT molecular complexity index is 706. The quantitative estimate of drug-likeness (QED) is 0.844. The minimum Gasteiger partial charge on any atom is -0.493 e. The van der Waals surface area contributed by atoms with Crippen LogP contribution < -0.4 is 4.74 Å². The summed E-state index contributed by atoms with van der Waals surface area (Å²) in [6.07, 6.45) is 6.01. The normalized spacial score (nSPS) is 22.5. The van der Waals surface area contributed by atoms with Gasteiger partial charge in [0, 0.05) is 12.4 Å². The third-order valence-corrected chi connectivity index (χ3v) is 5.80. The average molecular weight is 280 g/mol. The Kier molecular flexibility index (Phi) is 2.97. The van der Waals surface area contributed by atoms with E-state index in [-0.39, 0.29) is 5.75 Å². The van der Waals surface area contributed by atoms with Crippen LogP contribution in [0.4, 0.5) is 0 Å². The molecule has 0 aromatic carbocycles. The molecular formula is C13H16N2O3S. The molecule has 102 valence electrons. The van der Waals surface area contributed by atoms with Gasteiger partial charge in [0.05, 0.1) is 18.6 Å². The van der Waals surface area contributed by atoms with Crippen molar-refractivity contribution >= 4 is 15.5 Å². The summed E-state index contributed by atoms with van der Waals surface area (Å²) >= 11 is 0. The Labute approximate surface area is 112 Å². The standard InChI is InChI=1S/C13H16N2O3S/c1-18-11-5-4-7-15-9-10(14-13(11)15)12-6-2-3-8-19(12,16)17/h4-5,7,9,12H,2-3,6,8H2,1H3. The van der Waals surface area contributed by atoms with Crippen molar-refractivity contribution in [2.45, 2.75) is 24.5 Å². The molecule has 0 saturated carbocycles. The van der Waals surface area contributed by atoms with Gasteiger partial charge in [0.2, 0.25) is 0 Å². The second-order valence-electron chi connectivity index (χ2n) is 4.82. The predicted octanol–water partition coefficient (Wildman–Crippen LogP) is 1.98. The van der Waals surface area contributed by atoms with Gasteiger partial charge in [-0.3, -0.25) is 0 Å². The van der Waals surface area contributed by atoms with Crippen molar-refractivity contribution in [1.82, 2.24) is 9.38 Å². The van der Waals surface area contributed by atoms with Crippen molar-refractivity contribution in [2.75, 3.05) is 12.9 Å². The summed E-state index contributed by atoms with van der Waals surface area (Å²) in [5, 5.41) is -0.467. The fourth-order valence-electron chi connectivity index (χ4n) is 2.61. The van der Waals surface area contributed by atoms with Crippen molar-refractivity contribution in [1.29, 1.82) is 0 Å². The molecule has 0 N–H and O–H groups in total. The number of hydrogen-bond acceptors (Lipinski definition) is 4. The first-order chi connectivity index (χ1) is 9.12. The largest absolute Gasteiger partial charge is 0.493 e. The van der Waals surface area contributed by atoms with Crippen molar-refractivity contribution in [3.8, 4) is 5.75 Å². The van der Waals surface area contributed by atoms with Crippen LogP contribution in [0.25, 0.3) is 5.65 Å². The maximum absolute atomic E-state index is 12.1. The van der Waals surface area contributed by atoms with Crippen LogP contribution in [0.1, 0.15) is 30.2 Å². The van der Waals surface area contributed by atoms with Crippen molar-refractivity contribution in [3.05, 3.63) is 30.2 Å². The van der Waals surface area contributed by atoms with Gasteiger partial charge in [0.15, 0.2) is 21.2 Å². The molecule has 2 aromatic rings. The molecule has 1 fully saturated rings. The molecule has 2 aromatic heterocycles. The molecule has 19 heavy (non-hydrogen) atoms. The molecule has 0 aliphatic carbocycles. The number of hydrogen-bond donors (Lipinski definition) is 0. The van der Waals surface area contributed by atoms with E-state index in [4.69, 9.17) is 4.74 Å². The third kappa shape index (κ3) is 2.10. The highest BCUT2D eigenvalue weighted by atomic mass is 32.2. The SMILES string of the molecule is COc1cccn2cc(C3CCCCS3(=O)=O)nc12. The van der Waals surface area contributed by atoms with Gasteiger partial charge >= 0.3 is 0 Å². The summed E-state index contributed by atoms with van der Waals surface area (Å²) < 4.78 is 31.3. The van der Waals surface area contributed by atoms with Crippen LogP contribution >= 0.6 is 0 Å². The lowest BCUT2D eigenvalue weighted by molar-refractivity contribution is 0.417. The number of fused-ring (bicyclic) bond motifs is 1. The number of aromatic nitrogens is 2. The fourth-order valence-corrected chi connectivity index (χ4v) is 4.51. The van der Waals surface area contributed by atoms with Crippen LogP contribution in [-0.2, 0) is 9.84 Å². The van der Waals surface area contributed by atoms with Crippen LogP contribution in [0, 0.1) is 0 Å². The second-order valence-corrected chi connectivity index (χ2v) is 7.13. The Morgan fingerprint density at radius 3 is 3.00 bits per heavy atom. The number of methoxy groups -OCH3 is 1. The van der Waals surface area contributed by atoms with Gasteiger partial charge in [0.1, 0.15) is 5.25 Å². The van der Waals surface area contributed by atoms with E-state index in [1.54, 1.807) is 13.3 Å². The van der Waals surface area contributed by atoms with E-state index in [9.17, 15) is 8.42 Å². The smallest absolute Gasteiger partial charge is 0.179 e. The molecule has 0 bridgehead atoms. The maximum atomic E-state index is 12.1. The molecule has 1 aliphatic rings. The van der Waals surface area contributed by atoms with Crippen LogP contribution in [0.2, 0.25) is 0 Å². The molecule has 3 rings (SSSR count). The molecule has 1 saturated heterocycles. The Morgan fingerprint density at radius 1 is 1.42 bits per heavy atom. The van der Waals surface area contributed by atoms with Crippen LogP contribution in [0.5, 0.6) is 5.75 Å². The van der Waals surface area contributed by atoms with Gasteiger partial charge in [-0.25, -0.2) is 13.4 Å². The molecule has 3 heterocycles. The lowest BCUT2D eigenvalue weighted by atomic mass is 10.1. The lowest BCUT2D eigenvalue weighted by Gasteiger charge is -2.20. The zero-order chi connectivity index (χ0) is 13.5. The van der Waals surface area contributed by atoms with E-state index in [0.717, 1.165) is 12.8 Å². The van der Waals surface area contributed by atoms with Gasteiger partial charge < -0.3 is 9.14 Å². The van der Waals surface area contributed by atoms with E-state index >= 15 is 0 Å². The highest BCUT2D eigenvalue weighted by Crippen LogP contribution is 2.33. The van der Waals surface area contributed by atoms with E-state index in [0.29, 0.717) is 23.5 Å².